The van der Waals surface area contributed by atoms with Crippen molar-refractivity contribution in [3.8, 4) is 0 Å². The number of aryl methyl sites for hydroxylation is 1. The van der Waals surface area contributed by atoms with E-state index in [2.05, 4.69) is 0 Å². The van der Waals surface area contributed by atoms with Crippen molar-refractivity contribution in [3.63, 3.8) is 0 Å². The van der Waals surface area contributed by atoms with Crippen molar-refractivity contribution in [2.75, 3.05) is 13.1 Å². The fourth-order valence-corrected chi connectivity index (χ4v) is 4.25. The number of benzene rings is 1. The van der Waals surface area contributed by atoms with E-state index in [0.717, 1.165) is 11.1 Å². The topological polar surface area (TPSA) is 74.7 Å². The summed E-state index contributed by atoms with van der Waals surface area (Å²) in [7, 11) is -3.52. The van der Waals surface area contributed by atoms with Gasteiger partial charge >= 0.3 is 5.97 Å². The van der Waals surface area contributed by atoms with Crippen LogP contribution in [0.25, 0.3) is 0 Å². The molecule has 1 aromatic rings. The molecule has 1 aliphatic heterocycles. The van der Waals surface area contributed by atoms with Crippen LogP contribution in [0.5, 0.6) is 0 Å². The summed E-state index contributed by atoms with van der Waals surface area (Å²) in [6.45, 7) is 4.22. The summed E-state index contributed by atoms with van der Waals surface area (Å²) in [6.07, 6.45) is 0.749. The Bertz CT molecular complexity index is 616. The largest absolute Gasteiger partial charge is 0.481 e. The number of hydrogen-bond donors (Lipinski definition) is 1. The summed E-state index contributed by atoms with van der Waals surface area (Å²) in [5.41, 5.74) is 1.69. The lowest BCUT2D eigenvalue weighted by molar-refractivity contribution is -0.142. The molecule has 1 fully saturated rings. The third-order valence-electron chi connectivity index (χ3n) is 3.98. The fourth-order valence-electron chi connectivity index (χ4n) is 2.49. The van der Waals surface area contributed by atoms with Crippen molar-refractivity contribution in [1.29, 1.82) is 0 Å². The van der Waals surface area contributed by atoms with Gasteiger partial charge in [0.05, 0.1) is 10.8 Å². The van der Waals surface area contributed by atoms with Crippen molar-refractivity contribution >= 4 is 16.0 Å². The van der Waals surface area contributed by atoms with E-state index in [1.807, 2.05) is 13.0 Å². The van der Waals surface area contributed by atoms with E-state index in [4.69, 9.17) is 5.11 Å². The predicted molar refractivity (Wildman–Crippen MR) is 75.0 cm³/mol. The fraction of sp³-hybridized carbons (Fsp3) is 0.500. The molecule has 20 heavy (non-hydrogen) atoms. The highest BCUT2D eigenvalue weighted by Gasteiger charge is 2.32. The van der Waals surface area contributed by atoms with Crippen LogP contribution >= 0.6 is 0 Å². The average Bonchev–Trinajstić information content (AvgIpc) is 2.41. The molecule has 0 saturated carbocycles. The third-order valence-corrected chi connectivity index (χ3v) is 6.02. The monoisotopic (exact) mass is 297 g/mol. The molecule has 0 amide bonds. The number of nitrogens with zero attached hydrogens (tertiary/aromatic N) is 1. The third kappa shape index (κ3) is 2.71. The Morgan fingerprint density at radius 1 is 1.25 bits per heavy atom. The van der Waals surface area contributed by atoms with Gasteiger partial charge in [-0.3, -0.25) is 4.79 Å². The minimum atomic E-state index is -3.52. The highest BCUT2D eigenvalue weighted by Crippen LogP contribution is 2.26. The van der Waals surface area contributed by atoms with Crippen molar-refractivity contribution in [2.45, 2.75) is 31.6 Å². The number of aliphatic carboxylic acids is 1. The molecule has 110 valence electrons. The van der Waals surface area contributed by atoms with Crippen LogP contribution in [0.2, 0.25) is 0 Å². The Morgan fingerprint density at radius 2 is 1.85 bits per heavy atom. The summed E-state index contributed by atoms with van der Waals surface area (Å²) >= 11 is 0. The molecule has 2 rings (SSSR count). The van der Waals surface area contributed by atoms with E-state index in [-0.39, 0.29) is 13.1 Å². The number of carboxylic acids is 1. The normalized spacial score (nSPS) is 18.1. The smallest absolute Gasteiger partial charge is 0.306 e. The molecule has 0 aliphatic carbocycles. The zero-order valence-corrected chi connectivity index (χ0v) is 12.5. The summed E-state index contributed by atoms with van der Waals surface area (Å²) in [5, 5.41) is 8.96. The Morgan fingerprint density at radius 3 is 2.40 bits per heavy atom. The second-order valence-electron chi connectivity index (χ2n) is 5.21. The molecule has 0 radical (unpaired) electrons. The zero-order valence-electron chi connectivity index (χ0n) is 11.7. The lowest BCUT2D eigenvalue weighted by Gasteiger charge is -2.29. The molecule has 5 nitrogen and oxygen atoms in total. The summed E-state index contributed by atoms with van der Waals surface area (Å²) < 4.78 is 26.6. The first kappa shape index (κ1) is 15.0. The lowest BCUT2D eigenvalue weighted by atomic mass is 9.99. The molecule has 1 N–H and O–H groups in total. The van der Waals surface area contributed by atoms with E-state index in [0.29, 0.717) is 17.7 Å². The molecule has 6 heteroatoms. The van der Waals surface area contributed by atoms with Crippen LogP contribution in [0, 0.1) is 19.8 Å². The average molecular weight is 297 g/mol. The molecule has 0 spiro atoms. The van der Waals surface area contributed by atoms with E-state index < -0.39 is 21.9 Å². The van der Waals surface area contributed by atoms with Crippen LogP contribution in [0.1, 0.15) is 24.0 Å². The first-order valence-electron chi connectivity index (χ1n) is 6.63. The van der Waals surface area contributed by atoms with E-state index in [9.17, 15) is 13.2 Å². The molecule has 0 aromatic heterocycles. The molecule has 0 atom stereocenters. The van der Waals surface area contributed by atoms with Gasteiger partial charge in [-0.1, -0.05) is 12.1 Å². The maximum atomic E-state index is 12.6. The van der Waals surface area contributed by atoms with Gasteiger partial charge in [-0.05, 0) is 43.9 Å². The quantitative estimate of drug-likeness (QED) is 0.923. The lowest BCUT2D eigenvalue weighted by Crippen LogP contribution is -2.40. The van der Waals surface area contributed by atoms with Gasteiger partial charge in [0.1, 0.15) is 0 Å². The molecular weight excluding hydrogens is 278 g/mol. The van der Waals surface area contributed by atoms with Gasteiger partial charge in [0.15, 0.2) is 0 Å². The maximum Gasteiger partial charge on any atom is 0.306 e. The highest BCUT2D eigenvalue weighted by atomic mass is 32.2. The Balaban J connectivity index is 2.24. The number of sulfonamides is 1. The van der Waals surface area contributed by atoms with Gasteiger partial charge in [-0.15, -0.1) is 0 Å². The van der Waals surface area contributed by atoms with Gasteiger partial charge in [-0.25, -0.2) is 8.42 Å². The van der Waals surface area contributed by atoms with Crippen LogP contribution in [-0.2, 0) is 14.8 Å². The van der Waals surface area contributed by atoms with Crippen molar-refractivity contribution in [3.05, 3.63) is 29.3 Å². The first-order chi connectivity index (χ1) is 9.34. The van der Waals surface area contributed by atoms with Crippen LogP contribution in [0.3, 0.4) is 0 Å². The molecular formula is C14H19NO4S. The molecule has 0 bridgehead atoms. The van der Waals surface area contributed by atoms with Crippen molar-refractivity contribution < 1.29 is 18.3 Å². The maximum absolute atomic E-state index is 12.6. The number of rotatable bonds is 3. The summed E-state index contributed by atoms with van der Waals surface area (Å²) in [6, 6.07) is 5.23. The number of hydrogen-bond acceptors (Lipinski definition) is 3. The Labute approximate surface area is 119 Å². The minimum Gasteiger partial charge on any atom is -0.481 e. The van der Waals surface area contributed by atoms with E-state index in [1.165, 1.54) is 4.31 Å². The van der Waals surface area contributed by atoms with Gasteiger partial charge in [0.25, 0.3) is 0 Å². The molecule has 1 aliphatic rings. The molecule has 0 unspecified atom stereocenters. The van der Waals surface area contributed by atoms with Crippen LogP contribution < -0.4 is 0 Å². The van der Waals surface area contributed by atoms with Crippen LogP contribution in [-0.4, -0.2) is 36.9 Å². The Hall–Kier alpha value is -1.40. The van der Waals surface area contributed by atoms with Gasteiger partial charge in [0.2, 0.25) is 10.0 Å². The number of carboxylic acid groups (broad SMARTS) is 1. The van der Waals surface area contributed by atoms with Gasteiger partial charge in [0, 0.05) is 13.1 Å². The molecule has 1 aromatic carbocycles. The second-order valence-corrected chi connectivity index (χ2v) is 7.12. The van der Waals surface area contributed by atoms with Crippen molar-refractivity contribution in [1.82, 2.24) is 4.31 Å². The summed E-state index contributed by atoms with van der Waals surface area (Å²) in [5.74, 6) is -1.27. The molecule has 1 heterocycles. The van der Waals surface area contributed by atoms with Crippen LogP contribution in [0.4, 0.5) is 0 Å². The van der Waals surface area contributed by atoms with Gasteiger partial charge in [-0.2, -0.15) is 4.31 Å². The van der Waals surface area contributed by atoms with Crippen molar-refractivity contribution in [2.24, 2.45) is 5.92 Å². The standard InChI is InChI=1S/C14H19NO4S/c1-10-4-3-5-13(11(10)2)20(18,19)15-8-6-12(7-9-15)14(16)17/h3-5,12H,6-9H2,1-2H3,(H,16,17). The second kappa shape index (κ2) is 5.54. The van der Waals surface area contributed by atoms with E-state index in [1.54, 1.807) is 19.1 Å². The molecule has 1 saturated heterocycles. The number of carbonyl (C=O) groups is 1. The predicted octanol–water partition coefficient (Wildman–Crippen LogP) is 1.79. The van der Waals surface area contributed by atoms with Crippen LogP contribution in [0.15, 0.2) is 23.1 Å². The summed E-state index contributed by atoms with van der Waals surface area (Å²) in [4.78, 5) is 11.2. The van der Waals surface area contributed by atoms with Gasteiger partial charge < -0.3 is 5.11 Å². The Kier molecular flexibility index (Phi) is 4.15. The minimum absolute atomic E-state index is 0.271. The highest BCUT2D eigenvalue weighted by molar-refractivity contribution is 7.89. The zero-order chi connectivity index (χ0) is 14.9. The SMILES string of the molecule is Cc1cccc(S(=O)(=O)N2CCC(C(=O)O)CC2)c1C. The van der Waals surface area contributed by atoms with E-state index >= 15 is 0 Å². The first-order valence-corrected chi connectivity index (χ1v) is 8.07. The number of piperidine rings is 1.